The monoisotopic (exact) mass is 329 g/mol. The van der Waals surface area contributed by atoms with Gasteiger partial charge >= 0.3 is 11.8 Å². The molecule has 0 fully saturated rings. The van der Waals surface area contributed by atoms with Crippen LogP contribution in [0.4, 0.5) is 4.39 Å². The summed E-state index contributed by atoms with van der Waals surface area (Å²) in [4.78, 5) is 12.0. The summed E-state index contributed by atoms with van der Waals surface area (Å²) in [6, 6.07) is 6.05. The summed E-state index contributed by atoms with van der Waals surface area (Å²) in [6.07, 6.45) is 8.25. The molecule has 1 N–H and O–H groups in total. The van der Waals surface area contributed by atoms with Crippen molar-refractivity contribution in [2.45, 2.75) is 38.5 Å². The molecule has 126 valence electrons. The Bertz CT molecular complexity index is 722. The molecule has 0 radical (unpaired) electrons. The number of hydrogen-bond donors (Lipinski definition) is 1. The fourth-order valence-electron chi connectivity index (χ4n) is 2.74. The molecule has 5 nitrogen and oxygen atoms in total. The number of amides is 1. The number of hydrogen-bond acceptors (Lipinski definition) is 4. The van der Waals surface area contributed by atoms with E-state index in [9.17, 15) is 9.18 Å². The third-order valence-electron chi connectivity index (χ3n) is 4.05. The van der Waals surface area contributed by atoms with Crippen LogP contribution in [0, 0.1) is 5.82 Å². The van der Waals surface area contributed by atoms with Gasteiger partial charge in [-0.3, -0.25) is 4.79 Å². The molecule has 1 aliphatic rings. The topological polar surface area (TPSA) is 68.0 Å². The molecule has 1 amide bonds. The summed E-state index contributed by atoms with van der Waals surface area (Å²) < 4.78 is 18.3. The first-order chi connectivity index (χ1) is 11.7. The molecule has 6 heteroatoms. The predicted molar refractivity (Wildman–Crippen MR) is 87.0 cm³/mol. The second-order valence-electron chi connectivity index (χ2n) is 5.92. The normalized spacial score (nSPS) is 14.3. The maximum absolute atomic E-state index is 12.9. The molecule has 1 aromatic heterocycles. The van der Waals surface area contributed by atoms with Crippen molar-refractivity contribution in [1.82, 2.24) is 15.5 Å². The molecule has 0 unspecified atom stereocenters. The number of allylic oxidation sites excluding steroid dienone is 1. The molecule has 1 aliphatic carbocycles. The number of nitrogens with one attached hydrogen (secondary N) is 1. The largest absolute Gasteiger partial charge is 0.417 e. The van der Waals surface area contributed by atoms with Crippen molar-refractivity contribution in [1.29, 1.82) is 0 Å². The Kier molecular flexibility index (Phi) is 5.36. The molecule has 24 heavy (non-hydrogen) atoms. The van der Waals surface area contributed by atoms with Crippen LogP contribution in [0.25, 0.3) is 0 Å². The molecule has 0 saturated heterocycles. The van der Waals surface area contributed by atoms with Gasteiger partial charge in [0.05, 0.1) is 6.42 Å². The van der Waals surface area contributed by atoms with Crippen LogP contribution in [0.2, 0.25) is 0 Å². The fourth-order valence-corrected chi connectivity index (χ4v) is 2.74. The zero-order chi connectivity index (χ0) is 16.8. The number of aromatic nitrogens is 2. The van der Waals surface area contributed by atoms with Gasteiger partial charge in [-0.25, -0.2) is 4.39 Å². The van der Waals surface area contributed by atoms with Gasteiger partial charge in [0.1, 0.15) is 5.82 Å². The van der Waals surface area contributed by atoms with E-state index < -0.39 is 0 Å². The fraction of sp³-hybridized carbons (Fsp3) is 0.389. The Hall–Kier alpha value is -2.50. The number of nitrogens with zero attached hydrogens (tertiary/aromatic N) is 2. The first-order valence-electron chi connectivity index (χ1n) is 8.23. The number of halogens is 1. The minimum atomic E-state index is -0.357. The highest BCUT2D eigenvalue weighted by Crippen LogP contribution is 2.19. The van der Waals surface area contributed by atoms with Crippen molar-refractivity contribution in [3.8, 4) is 0 Å². The highest BCUT2D eigenvalue weighted by molar-refractivity contribution is 5.89. The predicted octanol–water partition coefficient (Wildman–Crippen LogP) is 3.42. The molecule has 1 aromatic carbocycles. The Morgan fingerprint density at radius 2 is 2.04 bits per heavy atom. The zero-order valence-electron chi connectivity index (χ0n) is 13.4. The average molecular weight is 329 g/mol. The van der Waals surface area contributed by atoms with Gasteiger partial charge in [0, 0.05) is 6.54 Å². The lowest BCUT2D eigenvalue weighted by Gasteiger charge is -2.12. The second-order valence-corrected chi connectivity index (χ2v) is 5.92. The van der Waals surface area contributed by atoms with Crippen molar-refractivity contribution < 1.29 is 13.6 Å². The van der Waals surface area contributed by atoms with Crippen LogP contribution in [0.3, 0.4) is 0 Å². The van der Waals surface area contributed by atoms with Crippen molar-refractivity contribution in [3.05, 3.63) is 59.1 Å². The number of benzene rings is 1. The summed E-state index contributed by atoms with van der Waals surface area (Å²) in [5, 5.41) is 10.5. The zero-order valence-corrected chi connectivity index (χ0v) is 13.4. The Morgan fingerprint density at radius 3 is 2.79 bits per heavy atom. The van der Waals surface area contributed by atoms with Crippen LogP contribution in [-0.4, -0.2) is 22.6 Å². The number of carbonyl (C=O) groups is 1. The van der Waals surface area contributed by atoms with Gasteiger partial charge in [0.25, 0.3) is 0 Å². The number of rotatable bonds is 6. The third kappa shape index (κ3) is 4.50. The molecule has 0 spiro atoms. The van der Waals surface area contributed by atoms with Gasteiger partial charge in [-0.1, -0.05) is 23.8 Å². The Labute approximate surface area is 140 Å². The van der Waals surface area contributed by atoms with E-state index in [-0.39, 0.29) is 17.6 Å². The number of carbonyl (C=O) groups excluding carboxylic acids is 1. The smallest absolute Gasteiger partial charge is 0.308 e. The lowest BCUT2D eigenvalue weighted by Crippen LogP contribution is -2.25. The van der Waals surface area contributed by atoms with Gasteiger partial charge in [0.2, 0.25) is 5.89 Å². The summed E-state index contributed by atoms with van der Waals surface area (Å²) >= 11 is 0. The van der Waals surface area contributed by atoms with E-state index in [1.165, 1.54) is 30.5 Å². The highest BCUT2D eigenvalue weighted by atomic mass is 19.1. The average Bonchev–Trinajstić information content (AvgIpc) is 3.06. The van der Waals surface area contributed by atoms with E-state index in [1.807, 2.05) is 0 Å². The summed E-state index contributed by atoms with van der Waals surface area (Å²) in [5.74, 6) is -0.354. The summed E-state index contributed by atoms with van der Waals surface area (Å²) in [7, 11) is 0. The van der Waals surface area contributed by atoms with Crippen LogP contribution >= 0.6 is 0 Å². The van der Waals surface area contributed by atoms with E-state index in [2.05, 4.69) is 21.6 Å². The highest BCUT2D eigenvalue weighted by Gasteiger charge is 2.15. The molecular formula is C18H20FN3O2. The van der Waals surface area contributed by atoms with E-state index >= 15 is 0 Å². The molecule has 0 aliphatic heterocycles. The lowest BCUT2D eigenvalue weighted by molar-refractivity contribution is 0.0917. The van der Waals surface area contributed by atoms with E-state index in [0.717, 1.165) is 24.8 Å². The van der Waals surface area contributed by atoms with E-state index in [4.69, 9.17) is 4.42 Å². The molecule has 0 bridgehead atoms. The minimum absolute atomic E-state index is 0.0373. The molecular weight excluding hydrogens is 309 g/mol. The SMILES string of the molecule is O=C(NCCC1=CCCCC1)c1nnc(Cc2ccc(F)cc2)o1. The van der Waals surface area contributed by atoms with Crippen LogP contribution < -0.4 is 5.32 Å². The van der Waals surface area contributed by atoms with Gasteiger partial charge < -0.3 is 9.73 Å². The molecule has 0 saturated carbocycles. The quantitative estimate of drug-likeness (QED) is 0.825. The van der Waals surface area contributed by atoms with Gasteiger partial charge in [0.15, 0.2) is 0 Å². The van der Waals surface area contributed by atoms with Crippen LogP contribution in [0.5, 0.6) is 0 Å². The van der Waals surface area contributed by atoms with Gasteiger partial charge in [-0.15, -0.1) is 10.2 Å². The van der Waals surface area contributed by atoms with Gasteiger partial charge in [-0.2, -0.15) is 0 Å². The van der Waals surface area contributed by atoms with Crippen molar-refractivity contribution in [2.75, 3.05) is 6.54 Å². The Balaban J connectivity index is 1.49. The second kappa shape index (κ2) is 7.86. The lowest BCUT2D eigenvalue weighted by atomic mass is 9.97. The standard InChI is InChI=1S/C18H20FN3O2/c19-15-8-6-14(7-9-15)12-16-21-22-18(24-16)17(23)20-11-10-13-4-2-1-3-5-13/h4,6-9H,1-3,5,10-12H2,(H,20,23). The van der Waals surface area contributed by atoms with Crippen molar-refractivity contribution in [3.63, 3.8) is 0 Å². The maximum Gasteiger partial charge on any atom is 0.308 e. The third-order valence-corrected chi connectivity index (χ3v) is 4.05. The van der Waals surface area contributed by atoms with Crippen LogP contribution in [0.15, 0.2) is 40.3 Å². The van der Waals surface area contributed by atoms with Crippen LogP contribution in [-0.2, 0) is 6.42 Å². The van der Waals surface area contributed by atoms with Crippen LogP contribution in [0.1, 0.15) is 54.2 Å². The first-order valence-corrected chi connectivity index (χ1v) is 8.23. The summed E-state index contributed by atoms with van der Waals surface area (Å²) in [6.45, 7) is 0.570. The van der Waals surface area contributed by atoms with E-state index in [1.54, 1.807) is 12.1 Å². The molecule has 0 atom stereocenters. The minimum Gasteiger partial charge on any atom is -0.417 e. The molecule has 2 aromatic rings. The van der Waals surface area contributed by atoms with Crippen molar-refractivity contribution in [2.24, 2.45) is 0 Å². The maximum atomic E-state index is 12.9. The molecule has 3 rings (SSSR count). The molecule has 1 heterocycles. The van der Waals surface area contributed by atoms with Crippen molar-refractivity contribution >= 4 is 5.91 Å². The summed E-state index contributed by atoms with van der Waals surface area (Å²) in [5.41, 5.74) is 2.25. The first kappa shape index (κ1) is 16.4. The van der Waals surface area contributed by atoms with E-state index in [0.29, 0.717) is 18.9 Å². The van der Waals surface area contributed by atoms with Gasteiger partial charge in [-0.05, 0) is 49.8 Å². The Morgan fingerprint density at radius 1 is 1.21 bits per heavy atom.